The summed E-state index contributed by atoms with van der Waals surface area (Å²) in [6.45, 7) is 0.115. The largest absolute Gasteiger partial charge is 0.454 e. The van der Waals surface area contributed by atoms with Crippen LogP contribution in [0.2, 0.25) is 0 Å². The first-order valence-corrected chi connectivity index (χ1v) is 13.1. The van der Waals surface area contributed by atoms with Crippen LogP contribution in [0.3, 0.4) is 0 Å². The van der Waals surface area contributed by atoms with E-state index in [9.17, 15) is 9.59 Å². The first-order valence-electron chi connectivity index (χ1n) is 12.0. The van der Waals surface area contributed by atoms with Gasteiger partial charge in [0.1, 0.15) is 11.4 Å². The third kappa shape index (κ3) is 4.96. The molecule has 1 aliphatic heterocycles. The maximum absolute atomic E-state index is 13.3. The molecule has 0 radical (unpaired) electrons. The van der Waals surface area contributed by atoms with E-state index < -0.39 is 11.9 Å². The number of esters is 1. The van der Waals surface area contributed by atoms with E-state index in [2.05, 4.69) is 38.1 Å². The van der Waals surface area contributed by atoms with E-state index in [1.807, 2.05) is 48.5 Å². The quantitative estimate of drug-likeness (QED) is 0.0772. The van der Waals surface area contributed by atoms with E-state index in [4.69, 9.17) is 14.2 Å². The maximum atomic E-state index is 13.3. The molecule has 192 valence electrons. The number of amides is 1. The highest BCUT2D eigenvalue weighted by Gasteiger charge is 2.21. The molecule has 2 N–H and O–H groups in total. The highest BCUT2D eigenvalue weighted by Crippen LogP contribution is 2.35. The minimum Gasteiger partial charge on any atom is -0.454 e. The number of aromatic nitrogens is 1. The summed E-state index contributed by atoms with van der Waals surface area (Å²) in [6.07, 6.45) is 1.44. The second kappa shape index (κ2) is 10.6. The Balaban J connectivity index is 1.23. The van der Waals surface area contributed by atoms with E-state index in [1.54, 1.807) is 42.5 Å². The van der Waals surface area contributed by atoms with E-state index in [1.165, 1.54) is 6.21 Å². The summed E-state index contributed by atoms with van der Waals surface area (Å²) < 4.78 is 17.3. The van der Waals surface area contributed by atoms with Crippen LogP contribution in [0, 0.1) is 3.57 Å². The molecular weight excluding hydrogens is 609 g/mol. The van der Waals surface area contributed by atoms with Crippen LogP contribution in [0.1, 0.15) is 26.4 Å². The molecule has 5 aromatic rings. The monoisotopic (exact) mass is 629 g/mol. The number of rotatable bonds is 6. The number of carbonyl (C=O) groups is 2. The predicted octanol–water partition coefficient (Wildman–Crippen LogP) is 6.15. The van der Waals surface area contributed by atoms with Crippen LogP contribution >= 0.6 is 22.6 Å². The van der Waals surface area contributed by atoms with Crippen molar-refractivity contribution < 1.29 is 23.8 Å². The Morgan fingerprint density at radius 1 is 0.923 bits per heavy atom. The summed E-state index contributed by atoms with van der Waals surface area (Å²) in [5, 5.41) is 5.11. The van der Waals surface area contributed by atoms with Gasteiger partial charge in [0, 0.05) is 20.1 Å². The van der Waals surface area contributed by atoms with Crippen molar-refractivity contribution in [3.63, 3.8) is 0 Å². The third-order valence-corrected chi connectivity index (χ3v) is 7.07. The molecule has 4 aromatic carbocycles. The van der Waals surface area contributed by atoms with Crippen molar-refractivity contribution in [3.8, 4) is 28.4 Å². The van der Waals surface area contributed by atoms with Crippen molar-refractivity contribution in [2.45, 2.75) is 0 Å². The minimum atomic E-state index is -0.557. The Kier molecular flexibility index (Phi) is 6.72. The Bertz CT molecular complexity index is 1750. The molecule has 0 saturated heterocycles. The number of fused-ring (bicyclic) bond motifs is 2. The fourth-order valence-corrected chi connectivity index (χ4v) is 4.97. The Morgan fingerprint density at radius 3 is 2.59 bits per heavy atom. The van der Waals surface area contributed by atoms with Gasteiger partial charge in [-0.05, 0) is 64.6 Å². The second-order valence-electron chi connectivity index (χ2n) is 8.60. The van der Waals surface area contributed by atoms with Crippen LogP contribution in [0.5, 0.6) is 17.2 Å². The van der Waals surface area contributed by atoms with Crippen LogP contribution in [0.4, 0.5) is 0 Å². The van der Waals surface area contributed by atoms with Crippen molar-refractivity contribution >= 4 is 51.6 Å². The summed E-state index contributed by atoms with van der Waals surface area (Å²) in [5.41, 5.74) is 6.44. The lowest BCUT2D eigenvalue weighted by atomic mass is 10.0. The lowest BCUT2D eigenvalue weighted by Gasteiger charge is -2.08. The van der Waals surface area contributed by atoms with Gasteiger partial charge in [0.15, 0.2) is 11.5 Å². The Morgan fingerprint density at radius 2 is 1.72 bits per heavy atom. The first-order chi connectivity index (χ1) is 19.1. The number of hydrogen-bond donors (Lipinski definition) is 2. The molecule has 1 aromatic heterocycles. The van der Waals surface area contributed by atoms with Crippen molar-refractivity contribution in [3.05, 3.63) is 111 Å². The SMILES string of the molecule is O=C(Oc1ccccc1C=NNC(=O)c1[nH]c2c(I)cccc2c1-c1ccccc1)c1ccc2c(c1)OCO2. The molecule has 9 heteroatoms. The highest BCUT2D eigenvalue weighted by molar-refractivity contribution is 14.1. The van der Waals surface area contributed by atoms with Crippen molar-refractivity contribution in [1.82, 2.24) is 10.4 Å². The number of halogens is 1. The number of hydrogen-bond acceptors (Lipinski definition) is 6. The number of carbonyl (C=O) groups excluding carboxylic acids is 2. The van der Waals surface area contributed by atoms with E-state index in [-0.39, 0.29) is 6.79 Å². The first kappa shape index (κ1) is 24.7. The van der Waals surface area contributed by atoms with Gasteiger partial charge in [0.2, 0.25) is 6.79 Å². The number of aromatic amines is 1. The molecule has 0 fully saturated rings. The number of hydrazone groups is 1. The van der Waals surface area contributed by atoms with Crippen LogP contribution in [0.15, 0.2) is 96.1 Å². The molecule has 0 aliphatic carbocycles. The van der Waals surface area contributed by atoms with Gasteiger partial charge in [-0.2, -0.15) is 5.10 Å². The standard InChI is InChI=1S/C30H20IN3O5/c31-22-11-6-10-21-26(18-7-2-1-3-8-18)28(33-27(21)22)29(35)34-32-16-20-9-4-5-12-23(20)39-30(36)19-13-14-24-25(15-19)38-17-37-24/h1-16,33H,17H2,(H,34,35). The Hall–Kier alpha value is -4.64. The average molecular weight is 629 g/mol. The molecule has 1 amide bonds. The average Bonchev–Trinajstić information content (AvgIpc) is 3.59. The lowest BCUT2D eigenvalue weighted by molar-refractivity contribution is 0.0733. The second-order valence-corrected chi connectivity index (χ2v) is 9.76. The number of para-hydroxylation sites is 2. The molecule has 0 atom stereocenters. The van der Waals surface area contributed by atoms with Gasteiger partial charge in [-0.25, -0.2) is 10.2 Å². The summed E-state index contributed by atoms with van der Waals surface area (Å²) in [6, 6.07) is 27.4. The van der Waals surface area contributed by atoms with Crippen molar-refractivity contribution in [2.24, 2.45) is 5.10 Å². The molecule has 39 heavy (non-hydrogen) atoms. The summed E-state index contributed by atoms with van der Waals surface area (Å²) in [4.78, 5) is 29.3. The maximum Gasteiger partial charge on any atom is 0.343 e. The Labute approximate surface area is 236 Å². The molecule has 0 bridgehead atoms. The van der Waals surface area contributed by atoms with E-state index in [0.717, 1.165) is 25.6 Å². The number of benzene rings is 4. The lowest BCUT2D eigenvalue weighted by Crippen LogP contribution is -2.19. The zero-order valence-corrected chi connectivity index (χ0v) is 22.5. The zero-order chi connectivity index (χ0) is 26.8. The van der Waals surface area contributed by atoms with Gasteiger partial charge in [0.25, 0.3) is 5.91 Å². The van der Waals surface area contributed by atoms with Crippen LogP contribution in [-0.4, -0.2) is 29.9 Å². The molecule has 0 saturated carbocycles. The normalized spacial score (nSPS) is 12.1. The van der Waals surface area contributed by atoms with Gasteiger partial charge < -0.3 is 19.2 Å². The van der Waals surface area contributed by atoms with Gasteiger partial charge in [-0.1, -0.05) is 54.6 Å². The highest BCUT2D eigenvalue weighted by atomic mass is 127. The van der Waals surface area contributed by atoms with Gasteiger partial charge in [-0.3, -0.25) is 4.79 Å². The molecule has 0 spiro atoms. The van der Waals surface area contributed by atoms with Crippen LogP contribution in [-0.2, 0) is 0 Å². The number of H-pyrrole nitrogens is 1. The minimum absolute atomic E-state index is 0.115. The number of ether oxygens (including phenoxy) is 3. The van der Waals surface area contributed by atoms with Crippen molar-refractivity contribution in [1.29, 1.82) is 0 Å². The molecule has 8 nitrogen and oxygen atoms in total. The van der Waals surface area contributed by atoms with Gasteiger partial charge in [-0.15, -0.1) is 0 Å². The molecule has 2 heterocycles. The topological polar surface area (TPSA) is 102 Å². The van der Waals surface area contributed by atoms with Gasteiger partial charge in [0.05, 0.1) is 17.3 Å². The molecule has 0 unspecified atom stereocenters. The fraction of sp³-hybridized carbons (Fsp3) is 0.0333. The number of nitrogens with one attached hydrogen (secondary N) is 2. The van der Waals surface area contributed by atoms with E-state index in [0.29, 0.717) is 34.1 Å². The summed E-state index contributed by atoms with van der Waals surface area (Å²) in [7, 11) is 0. The summed E-state index contributed by atoms with van der Waals surface area (Å²) in [5.74, 6) is 0.409. The predicted molar refractivity (Wildman–Crippen MR) is 155 cm³/mol. The van der Waals surface area contributed by atoms with E-state index >= 15 is 0 Å². The molecule has 6 rings (SSSR count). The van der Waals surface area contributed by atoms with Crippen LogP contribution < -0.4 is 19.6 Å². The summed E-state index contributed by atoms with van der Waals surface area (Å²) >= 11 is 2.25. The molecule has 1 aliphatic rings. The number of nitrogens with zero attached hydrogens (tertiary/aromatic N) is 1. The smallest absolute Gasteiger partial charge is 0.343 e. The fourth-order valence-electron chi connectivity index (χ4n) is 4.34. The third-order valence-electron chi connectivity index (χ3n) is 6.17. The zero-order valence-electron chi connectivity index (χ0n) is 20.3. The van der Waals surface area contributed by atoms with Crippen LogP contribution in [0.25, 0.3) is 22.0 Å². The van der Waals surface area contributed by atoms with Crippen molar-refractivity contribution in [2.75, 3.05) is 6.79 Å². The van der Waals surface area contributed by atoms with Gasteiger partial charge >= 0.3 is 5.97 Å². The molecular formula is C30H20IN3O5.